The lowest BCUT2D eigenvalue weighted by molar-refractivity contribution is 0.200. The first-order chi connectivity index (χ1) is 10.6. The summed E-state index contributed by atoms with van der Waals surface area (Å²) in [6, 6.07) is 11.0. The van der Waals surface area contributed by atoms with Crippen LogP contribution in [0.15, 0.2) is 40.9 Å². The molecule has 1 aromatic heterocycles. The summed E-state index contributed by atoms with van der Waals surface area (Å²) in [6.07, 6.45) is 0. The predicted octanol–water partition coefficient (Wildman–Crippen LogP) is 2.16. The summed E-state index contributed by atoms with van der Waals surface area (Å²) in [7, 11) is 0. The van der Waals surface area contributed by atoms with Crippen LogP contribution in [0.5, 0.6) is 0 Å². The van der Waals surface area contributed by atoms with Crippen LogP contribution in [0.4, 0.5) is 4.79 Å². The van der Waals surface area contributed by atoms with Gasteiger partial charge in [-0.05, 0) is 12.8 Å². The predicted molar refractivity (Wildman–Crippen MR) is 83.0 cm³/mol. The maximum atomic E-state index is 11.8. The van der Waals surface area contributed by atoms with Crippen LogP contribution in [0.1, 0.15) is 19.5 Å². The fourth-order valence-electron chi connectivity index (χ4n) is 1.86. The van der Waals surface area contributed by atoms with Crippen molar-refractivity contribution in [2.24, 2.45) is 5.92 Å². The average molecular weight is 303 g/mol. The third kappa shape index (κ3) is 4.33. The molecule has 2 atom stereocenters. The lowest BCUT2D eigenvalue weighted by Crippen LogP contribution is -2.44. The molecule has 0 saturated carbocycles. The summed E-state index contributed by atoms with van der Waals surface area (Å²) >= 11 is 0. The number of hydrogen-bond acceptors (Lipinski definition) is 4. The Kier molecular flexibility index (Phi) is 5.55. The van der Waals surface area contributed by atoms with Crippen LogP contribution in [0.25, 0.3) is 11.3 Å². The van der Waals surface area contributed by atoms with Gasteiger partial charge < -0.3 is 20.3 Å². The number of aromatic nitrogens is 1. The minimum absolute atomic E-state index is 0.00230. The van der Waals surface area contributed by atoms with E-state index in [1.165, 1.54) is 0 Å². The van der Waals surface area contributed by atoms with Crippen molar-refractivity contribution in [2.45, 2.75) is 26.4 Å². The fourth-order valence-corrected chi connectivity index (χ4v) is 1.86. The van der Waals surface area contributed by atoms with Crippen molar-refractivity contribution < 1.29 is 14.4 Å². The van der Waals surface area contributed by atoms with E-state index >= 15 is 0 Å². The Morgan fingerprint density at radius 1 is 1.32 bits per heavy atom. The number of hydrogen-bond donors (Lipinski definition) is 3. The first-order valence-electron chi connectivity index (χ1n) is 7.26. The van der Waals surface area contributed by atoms with Crippen LogP contribution in [0.2, 0.25) is 0 Å². The van der Waals surface area contributed by atoms with E-state index < -0.39 is 0 Å². The number of benzene rings is 1. The molecule has 2 unspecified atom stereocenters. The normalized spacial score (nSPS) is 13.4. The van der Waals surface area contributed by atoms with E-state index in [-0.39, 0.29) is 31.1 Å². The van der Waals surface area contributed by atoms with Gasteiger partial charge in [0.1, 0.15) is 5.69 Å². The molecular weight excluding hydrogens is 282 g/mol. The van der Waals surface area contributed by atoms with Crippen molar-refractivity contribution in [2.75, 3.05) is 6.61 Å². The Bertz CT molecular complexity index is 598. The molecular formula is C16H21N3O3. The first kappa shape index (κ1) is 16.0. The third-order valence-corrected chi connectivity index (χ3v) is 3.55. The van der Waals surface area contributed by atoms with E-state index in [1.54, 1.807) is 6.07 Å². The van der Waals surface area contributed by atoms with Gasteiger partial charge in [-0.2, -0.15) is 0 Å². The zero-order valence-electron chi connectivity index (χ0n) is 12.7. The molecule has 0 aliphatic carbocycles. The summed E-state index contributed by atoms with van der Waals surface area (Å²) in [4.78, 5) is 11.8. The molecule has 0 bridgehead atoms. The highest BCUT2D eigenvalue weighted by Crippen LogP contribution is 2.19. The van der Waals surface area contributed by atoms with E-state index in [9.17, 15) is 4.79 Å². The molecule has 0 saturated heterocycles. The van der Waals surface area contributed by atoms with Gasteiger partial charge in [-0.3, -0.25) is 0 Å². The van der Waals surface area contributed by atoms with Crippen LogP contribution >= 0.6 is 0 Å². The number of carbonyl (C=O) groups excluding carboxylic acids is 1. The number of amides is 2. The lowest BCUT2D eigenvalue weighted by Gasteiger charge is -2.19. The zero-order valence-corrected chi connectivity index (χ0v) is 12.7. The lowest BCUT2D eigenvalue weighted by atomic mass is 10.1. The van der Waals surface area contributed by atoms with Crippen LogP contribution < -0.4 is 10.6 Å². The van der Waals surface area contributed by atoms with Crippen molar-refractivity contribution in [3.63, 3.8) is 0 Å². The monoisotopic (exact) mass is 303 g/mol. The molecule has 0 spiro atoms. The van der Waals surface area contributed by atoms with Crippen molar-refractivity contribution >= 4 is 6.03 Å². The molecule has 22 heavy (non-hydrogen) atoms. The number of aliphatic hydroxyl groups excluding tert-OH is 1. The Labute approximate surface area is 129 Å². The molecule has 0 aliphatic rings. The van der Waals surface area contributed by atoms with Crippen LogP contribution in [0.3, 0.4) is 0 Å². The molecule has 2 rings (SSSR count). The van der Waals surface area contributed by atoms with Crippen molar-refractivity contribution in [3.05, 3.63) is 42.1 Å². The van der Waals surface area contributed by atoms with Crippen molar-refractivity contribution in [3.8, 4) is 11.3 Å². The van der Waals surface area contributed by atoms with E-state index in [4.69, 9.17) is 9.63 Å². The molecule has 0 fully saturated rings. The van der Waals surface area contributed by atoms with Crippen LogP contribution in [0, 0.1) is 5.92 Å². The topological polar surface area (TPSA) is 87.4 Å². The minimum atomic E-state index is -0.294. The molecule has 6 nitrogen and oxygen atoms in total. The summed E-state index contributed by atoms with van der Waals surface area (Å²) in [6.45, 7) is 4.03. The summed E-state index contributed by atoms with van der Waals surface area (Å²) in [5.74, 6) is 0.669. The maximum Gasteiger partial charge on any atom is 0.315 e. The molecule has 6 heteroatoms. The highest BCUT2D eigenvalue weighted by atomic mass is 16.5. The second-order valence-electron chi connectivity index (χ2n) is 5.32. The van der Waals surface area contributed by atoms with Crippen LogP contribution in [-0.2, 0) is 6.54 Å². The van der Waals surface area contributed by atoms with E-state index in [2.05, 4.69) is 15.8 Å². The molecule has 2 aromatic rings. The Hall–Kier alpha value is -2.34. The van der Waals surface area contributed by atoms with E-state index in [0.717, 1.165) is 5.56 Å². The van der Waals surface area contributed by atoms with Gasteiger partial charge in [0, 0.05) is 24.3 Å². The average Bonchev–Trinajstić information content (AvgIpc) is 3.02. The fraction of sp³-hybridized carbons (Fsp3) is 0.375. The summed E-state index contributed by atoms with van der Waals surface area (Å²) < 4.78 is 5.26. The van der Waals surface area contributed by atoms with Crippen LogP contribution in [-0.4, -0.2) is 28.9 Å². The van der Waals surface area contributed by atoms with Gasteiger partial charge in [0.25, 0.3) is 0 Å². The minimum Gasteiger partial charge on any atom is -0.396 e. The number of carbonyl (C=O) groups is 1. The van der Waals surface area contributed by atoms with Gasteiger partial charge >= 0.3 is 6.03 Å². The smallest absolute Gasteiger partial charge is 0.315 e. The second kappa shape index (κ2) is 7.61. The number of nitrogens with zero attached hydrogens (tertiary/aromatic N) is 1. The number of nitrogens with one attached hydrogen (secondary N) is 2. The Morgan fingerprint density at radius 2 is 2.05 bits per heavy atom. The quantitative estimate of drug-likeness (QED) is 0.763. The molecule has 1 aromatic carbocycles. The van der Waals surface area contributed by atoms with Gasteiger partial charge in [-0.25, -0.2) is 4.79 Å². The van der Waals surface area contributed by atoms with Gasteiger partial charge in [-0.15, -0.1) is 0 Å². The zero-order chi connectivity index (χ0) is 15.9. The maximum absolute atomic E-state index is 11.8. The third-order valence-electron chi connectivity index (χ3n) is 3.55. The van der Waals surface area contributed by atoms with E-state index in [0.29, 0.717) is 11.5 Å². The highest BCUT2D eigenvalue weighted by Gasteiger charge is 2.14. The largest absolute Gasteiger partial charge is 0.396 e. The van der Waals surface area contributed by atoms with Gasteiger partial charge in [0.2, 0.25) is 0 Å². The van der Waals surface area contributed by atoms with Crippen molar-refractivity contribution in [1.29, 1.82) is 0 Å². The Balaban J connectivity index is 1.85. The van der Waals surface area contributed by atoms with Gasteiger partial charge in [-0.1, -0.05) is 42.4 Å². The molecule has 1 heterocycles. The number of rotatable bonds is 6. The summed E-state index contributed by atoms with van der Waals surface area (Å²) in [5.41, 5.74) is 1.59. The second-order valence-corrected chi connectivity index (χ2v) is 5.32. The first-order valence-corrected chi connectivity index (χ1v) is 7.26. The van der Waals surface area contributed by atoms with Gasteiger partial charge in [0.05, 0.1) is 6.54 Å². The molecule has 0 aliphatic heterocycles. The number of urea groups is 1. The standard InChI is InChI=1S/C16H21N3O3/c1-11(10-20)12(2)18-16(21)17-9-14-8-15(22-19-14)13-6-4-3-5-7-13/h3-8,11-12,20H,9-10H2,1-2H3,(H2,17,18,21). The molecule has 3 N–H and O–H groups in total. The Morgan fingerprint density at radius 3 is 2.73 bits per heavy atom. The number of aliphatic hydroxyl groups is 1. The molecule has 0 radical (unpaired) electrons. The highest BCUT2D eigenvalue weighted by molar-refractivity contribution is 5.74. The molecule has 118 valence electrons. The van der Waals surface area contributed by atoms with E-state index in [1.807, 2.05) is 44.2 Å². The summed E-state index contributed by atoms with van der Waals surface area (Å²) in [5, 5.41) is 18.5. The van der Waals surface area contributed by atoms with Crippen molar-refractivity contribution in [1.82, 2.24) is 15.8 Å². The van der Waals surface area contributed by atoms with Gasteiger partial charge in [0.15, 0.2) is 5.76 Å². The molecule has 2 amide bonds. The SMILES string of the molecule is CC(CO)C(C)NC(=O)NCc1cc(-c2ccccc2)on1.